The van der Waals surface area contributed by atoms with Gasteiger partial charge in [0.1, 0.15) is 47.6 Å². The van der Waals surface area contributed by atoms with E-state index in [1.54, 1.807) is 24.3 Å². The quantitative estimate of drug-likeness (QED) is 0.0944. The van der Waals surface area contributed by atoms with E-state index >= 15 is 0 Å². The van der Waals surface area contributed by atoms with Gasteiger partial charge in [-0.05, 0) is 147 Å². The van der Waals surface area contributed by atoms with Gasteiger partial charge in [0.2, 0.25) is 0 Å². The average Bonchev–Trinajstić information content (AvgIpc) is 1.63. The smallest absolute Gasteiger partial charge is 0.373 e. The van der Waals surface area contributed by atoms with Crippen LogP contribution in [0.5, 0.6) is 11.5 Å². The van der Waals surface area contributed by atoms with Crippen LogP contribution in [-0.2, 0) is 46.5 Å². The number of fused-ring (bicyclic) bond motifs is 2. The van der Waals surface area contributed by atoms with Crippen LogP contribution in [0.25, 0.3) is 56.5 Å². The van der Waals surface area contributed by atoms with Gasteiger partial charge in [0.05, 0.1) is 58.7 Å². The lowest BCUT2D eigenvalue weighted by molar-refractivity contribution is -0.193. The van der Waals surface area contributed by atoms with E-state index in [-0.39, 0.29) is 42.9 Å². The largest absolute Gasteiger partial charge is 0.489 e. The number of halogens is 6. The number of ether oxygens (including phenoxy) is 2. The Morgan fingerprint density at radius 1 is 0.571 bits per heavy atom. The van der Waals surface area contributed by atoms with Crippen LogP contribution >= 0.6 is 69.6 Å². The first kappa shape index (κ1) is 61.1. The maximum absolute atomic E-state index is 8.12. The molecule has 4 aromatic heterocycles. The van der Waals surface area contributed by atoms with E-state index in [1.807, 2.05) is 91.9 Å². The monoisotopic (exact) mass is 1260 g/mol. The topological polar surface area (TPSA) is 174 Å². The summed E-state index contributed by atoms with van der Waals surface area (Å²) < 4.78 is 27.8. The minimum Gasteiger partial charge on any atom is -0.489 e. The molecule has 0 bridgehead atoms. The molecular formula is C64H68Cl6N6O8. The molecule has 2 atom stereocenters. The van der Waals surface area contributed by atoms with Gasteiger partial charge < -0.3 is 18.5 Å². The molecule has 3 aliphatic carbocycles. The van der Waals surface area contributed by atoms with Gasteiger partial charge in [-0.2, -0.15) is 29.4 Å². The fourth-order valence-corrected chi connectivity index (χ4v) is 12.1. The molecule has 0 radical (unpaired) electrons. The van der Waals surface area contributed by atoms with Crippen LogP contribution in [-0.4, -0.2) is 42.2 Å². The summed E-state index contributed by atoms with van der Waals surface area (Å²) in [6, 6.07) is 35.5. The highest BCUT2D eigenvalue weighted by Crippen LogP contribution is 2.57. The van der Waals surface area contributed by atoms with E-state index in [0.29, 0.717) is 82.8 Å². The first-order chi connectivity index (χ1) is 40.1. The van der Waals surface area contributed by atoms with Crippen molar-refractivity contribution in [3.63, 3.8) is 0 Å². The third-order valence-corrected chi connectivity index (χ3v) is 16.8. The first-order valence-corrected chi connectivity index (χ1v) is 28.6. The van der Waals surface area contributed by atoms with E-state index < -0.39 is 0 Å². The molecule has 0 spiro atoms. The van der Waals surface area contributed by atoms with Crippen molar-refractivity contribution in [3.05, 3.63) is 196 Å². The molecule has 0 amide bonds. The summed E-state index contributed by atoms with van der Waals surface area (Å²) in [7, 11) is 3.95. The zero-order valence-electron chi connectivity index (χ0n) is 45.0. The van der Waals surface area contributed by atoms with Gasteiger partial charge in [0.15, 0.2) is 0 Å². The second kappa shape index (κ2) is 26.6. The highest BCUT2D eigenvalue weighted by Gasteiger charge is 2.41. The molecule has 0 saturated heterocycles. The van der Waals surface area contributed by atoms with Crippen molar-refractivity contribution in [1.29, 1.82) is 0 Å². The molecule has 20 heteroatoms. The number of carbonyl (C=O) groups excluding carboxylic acids is 4. The lowest BCUT2D eigenvalue weighted by atomic mass is 10.0. The Kier molecular flexibility index (Phi) is 19.4. The van der Waals surface area contributed by atoms with Crippen molar-refractivity contribution in [3.8, 4) is 34.0 Å². The molecule has 14 nitrogen and oxygen atoms in total. The molecule has 3 saturated carbocycles. The van der Waals surface area contributed by atoms with Gasteiger partial charge in [-0.3, -0.25) is 9.36 Å². The highest BCUT2D eigenvalue weighted by molar-refractivity contribution is 6.40. The molecule has 444 valence electrons. The van der Waals surface area contributed by atoms with Crippen molar-refractivity contribution >= 4 is 116 Å². The van der Waals surface area contributed by atoms with Crippen molar-refractivity contribution in [2.45, 2.75) is 90.3 Å². The van der Waals surface area contributed by atoms with E-state index in [2.05, 4.69) is 63.0 Å². The number of benzene rings is 6. The molecule has 6 aromatic carbocycles. The predicted molar refractivity (Wildman–Crippen MR) is 341 cm³/mol. The fraction of sp³-hybridized carbons (Fsp3) is 0.250. The normalized spacial score (nSPS) is 15.0. The number of aromatic nitrogens is 6. The van der Waals surface area contributed by atoms with Gasteiger partial charge in [-0.25, -0.2) is 0 Å². The standard InChI is InChI=1S/C31H26Cl3N3O2.C30H24Cl3N3O2.2CO2.CH4.7H2/c1-16-20-10-8-18(12-28(20)37(2)35-16)22-14-23(22)21-11-9-19(13-27(21)34)38-15-24-30(36-39-31(24)17-6-7-17)29-25(32)4-3-5-26(29)33;1-17-22-13-7-18(14-27(22)36(2)34-17)6-8-19-11-12-21(15-26(19)33)37-16-23-29(35-38-30(23)20-9-10-20)28-24(31)4-3-5-25(28)32;2*2-1-3;;;;;;;;/h3-5,8-13,17,22-23H,6-7,14-15H2,1-2H3;3-8,11-15,20H,9-10,16H2,1-2H3;;;1H4;7*1H/b;8-6+;;;;;;;;;;. The van der Waals surface area contributed by atoms with E-state index in [0.717, 1.165) is 98.8 Å². The van der Waals surface area contributed by atoms with Crippen molar-refractivity contribution in [1.82, 2.24) is 29.9 Å². The first-order valence-electron chi connectivity index (χ1n) is 26.3. The van der Waals surface area contributed by atoms with E-state index in [4.69, 9.17) is 107 Å². The summed E-state index contributed by atoms with van der Waals surface area (Å²) in [5, 5.41) is 23.5. The zero-order valence-corrected chi connectivity index (χ0v) is 49.6. The van der Waals surface area contributed by atoms with Crippen LogP contribution in [0.3, 0.4) is 0 Å². The van der Waals surface area contributed by atoms with Crippen LogP contribution in [0, 0.1) is 13.8 Å². The molecule has 10 aromatic rings. The fourth-order valence-electron chi connectivity index (χ4n) is 10.4. The number of aryl methyl sites for hydroxylation is 4. The zero-order chi connectivity index (χ0) is 58.6. The van der Waals surface area contributed by atoms with Crippen LogP contribution < -0.4 is 9.47 Å². The van der Waals surface area contributed by atoms with Crippen LogP contribution in [0.15, 0.2) is 118 Å². The average molecular weight is 1260 g/mol. The van der Waals surface area contributed by atoms with Crippen molar-refractivity contribution in [2.24, 2.45) is 14.1 Å². The Hall–Kier alpha value is -7.48. The lowest BCUT2D eigenvalue weighted by Gasteiger charge is -2.11. The van der Waals surface area contributed by atoms with E-state index in [9.17, 15) is 0 Å². The minimum absolute atomic E-state index is 0. The maximum atomic E-state index is 8.12. The van der Waals surface area contributed by atoms with Crippen molar-refractivity contribution < 1.29 is 47.7 Å². The van der Waals surface area contributed by atoms with Gasteiger partial charge in [-0.1, -0.05) is 142 Å². The lowest BCUT2D eigenvalue weighted by Crippen LogP contribution is -2.00. The second-order valence-electron chi connectivity index (χ2n) is 20.4. The summed E-state index contributed by atoms with van der Waals surface area (Å²) in [6.07, 6.45) is 9.91. The SMILES string of the molecule is C.Cc1nn(C)c2cc(/C=C/c3ccc(OCc4c(-c5c(Cl)cccc5Cl)noc4C4CC4)cc3Cl)ccc12.Cc1nn(C)c2cc(C3CC3c3ccc(OCc4c(-c5c(Cl)cccc5Cl)noc4C4CC4)cc3Cl)ccc12.O=C=O.O=C=O.[HH].[HH].[HH].[HH].[HH].[HH].[HH]. The molecule has 4 heterocycles. The van der Waals surface area contributed by atoms with Gasteiger partial charge >= 0.3 is 12.3 Å². The molecule has 2 unspecified atom stereocenters. The third-order valence-electron chi connectivity index (χ3n) is 14.8. The summed E-state index contributed by atoms with van der Waals surface area (Å²) in [4.78, 5) is 32.5. The molecule has 3 fully saturated rings. The number of hydrogen-bond donors (Lipinski definition) is 0. The Bertz CT molecular complexity index is 4150. The summed E-state index contributed by atoms with van der Waals surface area (Å²) in [5.41, 5.74) is 13.1. The Morgan fingerprint density at radius 3 is 1.51 bits per heavy atom. The molecule has 0 aliphatic heterocycles. The molecule has 0 N–H and O–H groups in total. The Morgan fingerprint density at radius 2 is 1.04 bits per heavy atom. The van der Waals surface area contributed by atoms with Gasteiger partial charge in [-0.15, -0.1) is 0 Å². The number of hydrogen-bond acceptors (Lipinski definition) is 12. The molecule has 13 rings (SSSR count). The van der Waals surface area contributed by atoms with Crippen LogP contribution in [0.1, 0.15) is 129 Å². The minimum atomic E-state index is 0. The number of nitrogens with zero attached hydrogens (tertiary/aromatic N) is 6. The summed E-state index contributed by atoms with van der Waals surface area (Å²) >= 11 is 39.4. The summed E-state index contributed by atoms with van der Waals surface area (Å²) in [5.74, 6) is 4.60. The Balaban J connectivity index is 0.000000528. The maximum Gasteiger partial charge on any atom is 0.373 e. The second-order valence-corrected chi connectivity index (χ2v) is 22.8. The Labute approximate surface area is 524 Å². The van der Waals surface area contributed by atoms with Crippen LogP contribution in [0.2, 0.25) is 30.1 Å². The predicted octanol–water partition coefficient (Wildman–Crippen LogP) is 19.5. The van der Waals surface area contributed by atoms with Crippen LogP contribution in [0.4, 0.5) is 0 Å². The van der Waals surface area contributed by atoms with Gasteiger partial charge in [0, 0.05) is 62.8 Å². The molecular weight excluding hydrogens is 1190 g/mol. The highest BCUT2D eigenvalue weighted by atomic mass is 35.5. The molecule has 84 heavy (non-hydrogen) atoms. The van der Waals surface area contributed by atoms with Gasteiger partial charge in [0.25, 0.3) is 0 Å². The van der Waals surface area contributed by atoms with Crippen molar-refractivity contribution in [2.75, 3.05) is 0 Å². The summed E-state index contributed by atoms with van der Waals surface area (Å²) in [6.45, 7) is 4.62. The third kappa shape index (κ3) is 13.4. The number of rotatable bonds is 14. The molecule has 3 aliphatic rings. The van der Waals surface area contributed by atoms with E-state index in [1.165, 1.54) is 16.5 Å².